The maximum absolute atomic E-state index is 13.0. The van der Waals surface area contributed by atoms with E-state index in [1.807, 2.05) is 6.07 Å². The molecule has 1 saturated heterocycles. The van der Waals surface area contributed by atoms with Gasteiger partial charge in [0.05, 0.1) is 11.9 Å². The van der Waals surface area contributed by atoms with Crippen LogP contribution in [-0.4, -0.2) is 73.6 Å². The quantitative estimate of drug-likeness (QED) is 0.294. The molecule has 2 aromatic heterocycles. The minimum atomic E-state index is -0.545. The van der Waals surface area contributed by atoms with Gasteiger partial charge in [0.2, 0.25) is 11.6 Å². The largest absolute Gasteiger partial charge is 0.507 e. The summed E-state index contributed by atoms with van der Waals surface area (Å²) >= 11 is 0. The number of aromatic nitrogens is 5. The predicted molar refractivity (Wildman–Crippen MR) is 134 cm³/mol. The third-order valence-electron chi connectivity index (χ3n) is 6.26. The summed E-state index contributed by atoms with van der Waals surface area (Å²) in [5.41, 5.74) is 10.3. The Morgan fingerprint density at radius 1 is 1.22 bits per heavy atom. The fraction of sp³-hybridized carbons (Fsp3) is 0.478. The number of aromatic hydroxyl groups is 1. The standard InChI is InChI=1S/C23H32N10O3/c1-3-32(4-2)17-10-9-16(19(34)13-17)14-25-27-23(35)20-18(15-31-11-7-5-6-8-12-31)33(30-26-20)22-21(24)28-36-29-22/h9-10,13-14,34H,3-8,11-12,15H2,1-2H3,(H2,24,28)(H,27,35)/b25-14-. The molecule has 1 aliphatic heterocycles. The van der Waals surface area contributed by atoms with Crippen LogP contribution in [-0.2, 0) is 6.54 Å². The topological polar surface area (TPSA) is 164 Å². The Morgan fingerprint density at radius 2 is 1.97 bits per heavy atom. The number of phenolic OH excluding ortho intramolecular Hbond substituents is 1. The van der Waals surface area contributed by atoms with Crippen LogP contribution in [0.25, 0.3) is 5.82 Å². The van der Waals surface area contributed by atoms with Crippen LogP contribution >= 0.6 is 0 Å². The third kappa shape index (κ3) is 5.62. The molecule has 36 heavy (non-hydrogen) atoms. The van der Waals surface area contributed by atoms with E-state index in [1.165, 1.54) is 23.7 Å². The van der Waals surface area contributed by atoms with E-state index in [-0.39, 0.29) is 23.1 Å². The summed E-state index contributed by atoms with van der Waals surface area (Å²) in [5, 5.41) is 30.0. The van der Waals surface area contributed by atoms with Crippen molar-refractivity contribution < 1.29 is 14.5 Å². The van der Waals surface area contributed by atoms with E-state index in [4.69, 9.17) is 10.4 Å². The zero-order valence-corrected chi connectivity index (χ0v) is 20.6. The fourth-order valence-electron chi connectivity index (χ4n) is 4.27. The second-order valence-electron chi connectivity index (χ2n) is 8.57. The number of nitrogens with one attached hydrogen (secondary N) is 1. The van der Waals surface area contributed by atoms with Gasteiger partial charge < -0.3 is 15.7 Å². The Bertz CT molecular complexity index is 1190. The zero-order valence-electron chi connectivity index (χ0n) is 20.6. The molecular weight excluding hydrogens is 464 g/mol. The fourth-order valence-corrected chi connectivity index (χ4v) is 4.27. The lowest BCUT2D eigenvalue weighted by Crippen LogP contribution is -2.28. The molecule has 0 unspecified atom stereocenters. The van der Waals surface area contributed by atoms with Gasteiger partial charge in [-0.25, -0.2) is 10.1 Å². The Morgan fingerprint density at radius 3 is 2.61 bits per heavy atom. The van der Waals surface area contributed by atoms with E-state index in [9.17, 15) is 9.90 Å². The summed E-state index contributed by atoms with van der Waals surface area (Å²) in [4.78, 5) is 17.4. The van der Waals surface area contributed by atoms with Crippen LogP contribution in [0.1, 0.15) is 61.3 Å². The lowest BCUT2D eigenvalue weighted by molar-refractivity contribution is 0.0947. The van der Waals surface area contributed by atoms with Gasteiger partial charge in [-0.05, 0) is 62.2 Å². The predicted octanol–water partition coefficient (Wildman–Crippen LogP) is 1.92. The average Bonchev–Trinajstić information content (AvgIpc) is 3.38. The smallest absolute Gasteiger partial charge is 0.293 e. The van der Waals surface area contributed by atoms with E-state index in [2.05, 4.69) is 54.8 Å². The molecule has 13 heteroatoms. The highest BCUT2D eigenvalue weighted by atomic mass is 16.6. The van der Waals surface area contributed by atoms with Crippen molar-refractivity contribution in [2.24, 2.45) is 5.10 Å². The van der Waals surface area contributed by atoms with Crippen molar-refractivity contribution in [1.82, 2.24) is 35.6 Å². The van der Waals surface area contributed by atoms with E-state index < -0.39 is 5.91 Å². The number of benzene rings is 1. The number of hydrogen-bond donors (Lipinski definition) is 3. The number of carbonyl (C=O) groups is 1. The molecule has 0 atom stereocenters. The highest BCUT2D eigenvalue weighted by Crippen LogP contribution is 2.24. The monoisotopic (exact) mass is 496 g/mol. The van der Waals surface area contributed by atoms with Crippen LogP contribution in [0.3, 0.4) is 0 Å². The summed E-state index contributed by atoms with van der Waals surface area (Å²) in [6.45, 7) is 8.00. The first-order valence-corrected chi connectivity index (χ1v) is 12.2. The van der Waals surface area contributed by atoms with Crippen LogP contribution in [0.5, 0.6) is 5.75 Å². The molecule has 3 aromatic rings. The second kappa shape index (κ2) is 11.6. The van der Waals surface area contributed by atoms with Crippen molar-refractivity contribution in [3.05, 3.63) is 35.2 Å². The first kappa shape index (κ1) is 25.1. The van der Waals surface area contributed by atoms with Gasteiger partial charge in [0.1, 0.15) is 5.75 Å². The highest BCUT2D eigenvalue weighted by Gasteiger charge is 2.25. The van der Waals surface area contributed by atoms with Gasteiger partial charge in [0, 0.05) is 37.0 Å². The molecule has 0 spiro atoms. The van der Waals surface area contributed by atoms with Crippen LogP contribution in [0.4, 0.5) is 11.5 Å². The van der Waals surface area contributed by atoms with Gasteiger partial charge in [0.15, 0.2) is 5.69 Å². The van der Waals surface area contributed by atoms with Crippen LogP contribution in [0.2, 0.25) is 0 Å². The molecule has 0 aliphatic carbocycles. The first-order chi connectivity index (χ1) is 17.5. The number of amides is 1. The maximum Gasteiger partial charge on any atom is 0.293 e. The summed E-state index contributed by atoms with van der Waals surface area (Å²) < 4.78 is 6.10. The average molecular weight is 497 g/mol. The molecule has 1 aliphatic rings. The van der Waals surface area contributed by atoms with Crippen molar-refractivity contribution in [3.8, 4) is 11.6 Å². The molecular formula is C23H32N10O3. The minimum Gasteiger partial charge on any atom is -0.507 e. The SMILES string of the molecule is CCN(CC)c1ccc(/C=N\NC(=O)c2nnn(-c3nonc3N)c2CN2CCCCCC2)c(O)c1. The molecule has 0 saturated carbocycles. The van der Waals surface area contributed by atoms with Gasteiger partial charge in [-0.2, -0.15) is 9.78 Å². The van der Waals surface area contributed by atoms with Crippen molar-refractivity contribution in [2.75, 3.05) is 36.8 Å². The van der Waals surface area contributed by atoms with Crippen LogP contribution in [0.15, 0.2) is 27.9 Å². The Labute approximate surface area is 208 Å². The number of carbonyl (C=O) groups excluding carboxylic acids is 1. The number of nitrogen functional groups attached to an aromatic ring is 1. The molecule has 3 heterocycles. The number of phenols is 1. The zero-order chi connectivity index (χ0) is 25.5. The molecule has 0 radical (unpaired) electrons. The number of nitrogens with two attached hydrogens (primary N) is 1. The van der Waals surface area contributed by atoms with Gasteiger partial charge in [0.25, 0.3) is 5.91 Å². The van der Waals surface area contributed by atoms with Crippen LogP contribution < -0.4 is 16.1 Å². The lowest BCUT2D eigenvalue weighted by Gasteiger charge is -2.21. The maximum atomic E-state index is 13.0. The van der Waals surface area contributed by atoms with Gasteiger partial charge in [-0.15, -0.1) is 5.10 Å². The van der Waals surface area contributed by atoms with Gasteiger partial charge >= 0.3 is 0 Å². The summed E-state index contributed by atoms with van der Waals surface area (Å²) in [7, 11) is 0. The number of hydrogen-bond acceptors (Lipinski definition) is 11. The molecule has 1 fully saturated rings. The van der Waals surface area contributed by atoms with Gasteiger partial charge in [-0.1, -0.05) is 18.1 Å². The number of nitrogens with zero attached hydrogens (tertiary/aromatic N) is 8. The van der Waals surface area contributed by atoms with Crippen molar-refractivity contribution in [2.45, 2.75) is 46.1 Å². The normalized spacial score (nSPS) is 14.7. The Balaban J connectivity index is 1.53. The number of hydrazone groups is 1. The van der Waals surface area contributed by atoms with E-state index in [0.29, 0.717) is 17.8 Å². The third-order valence-corrected chi connectivity index (χ3v) is 6.26. The highest BCUT2D eigenvalue weighted by molar-refractivity contribution is 5.94. The number of anilines is 2. The summed E-state index contributed by atoms with van der Waals surface area (Å²) in [6, 6.07) is 5.33. The number of rotatable bonds is 9. The molecule has 4 N–H and O–H groups in total. The Kier molecular flexibility index (Phi) is 8.10. The lowest BCUT2D eigenvalue weighted by atomic mass is 10.2. The van der Waals surface area contributed by atoms with E-state index in [0.717, 1.165) is 44.7 Å². The van der Waals surface area contributed by atoms with Crippen molar-refractivity contribution in [1.29, 1.82) is 0 Å². The Hall–Kier alpha value is -4.00. The first-order valence-electron chi connectivity index (χ1n) is 12.2. The van der Waals surface area contributed by atoms with E-state index >= 15 is 0 Å². The summed E-state index contributed by atoms with van der Waals surface area (Å²) in [6.07, 6.45) is 5.91. The van der Waals surface area contributed by atoms with Gasteiger partial charge in [-0.3, -0.25) is 9.69 Å². The van der Waals surface area contributed by atoms with Crippen LogP contribution in [0, 0.1) is 0 Å². The minimum absolute atomic E-state index is 0.0469. The van der Waals surface area contributed by atoms with E-state index in [1.54, 1.807) is 12.1 Å². The molecule has 192 valence electrons. The molecule has 1 aromatic carbocycles. The second-order valence-corrected chi connectivity index (χ2v) is 8.57. The number of likely N-dealkylation sites (tertiary alicyclic amines) is 1. The molecule has 1 amide bonds. The molecule has 0 bridgehead atoms. The van der Waals surface area contributed by atoms with Crippen molar-refractivity contribution in [3.63, 3.8) is 0 Å². The van der Waals surface area contributed by atoms with Crippen molar-refractivity contribution >= 4 is 23.6 Å². The molecule has 13 nitrogen and oxygen atoms in total. The summed E-state index contributed by atoms with van der Waals surface area (Å²) in [5.74, 6) is -0.255. The molecule has 4 rings (SSSR count).